The van der Waals surface area contributed by atoms with E-state index in [0.29, 0.717) is 0 Å². The van der Waals surface area contributed by atoms with Crippen molar-refractivity contribution in [2.75, 3.05) is 0 Å². The van der Waals surface area contributed by atoms with Crippen LogP contribution in [0.15, 0.2) is 72.8 Å². The molecule has 0 spiro atoms. The van der Waals surface area contributed by atoms with Crippen LogP contribution in [0.25, 0.3) is 87.8 Å². The Labute approximate surface area is 683 Å². The average Bonchev–Trinajstić information content (AvgIpc) is 1.58. The van der Waals surface area contributed by atoms with Crippen LogP contribution in [0.4, 0.5) is 0 Å². The first-order valence-corrected chi connectivity index (χ1v) is 51.4. The first-order valence-electron chi connectivity index (χ1n) is 41.6. The summed E-state index contributed by atoms with van der Waals surface area (Å²) >= 11 is 26.1. The first-order chi connectivity index (χ1) is 52.0. The summed E-state index contributed by atoms with van der Waals surface area (Å²) in [6.45, 7) is 19.8. The van der Waals surface area contributed by atoms with E-state index in [1.54, 1.807) is 155 Å². The third-order valence-corrected chi connectivity index (χ3v) is 41.4. The monoisotopic (exact) mass is 1620 g/mol. The van der Waals surface area contributed by atoms with Crippen LogP contribution in [0.5, 0.6) is 0 Å². The van der Waals surface area contributed by atoms with Crippen molar-refractivity contribution in [2.24, 2.45) is 0 Å². The van der Waals surface area contributed by atoms with Crippen molar-refractivity contribution >= 4 is 136 Å². The molecule has 106 heavy (non-hydrogen) atoms. The molecule has 6 aliphatic rings. The second-order valence-corrected chi connectivity index (χ2v) is 44.8. The van der Waals surface area contributed by atoms with E-state index < -0.39 is 0 Å². The standard InChI is InChI=1S/C94H108S12/c1-9-15-21-27-33-57-51-75-93(7)76-52-58(34-28-22-16-10-2)82(102-76)70-47-65-41-43-67-49-73(99-91(67)89(65)97-70)85-61(37-31-25-19-13-5)55-79(105-85)94(8,78-54-60(36-30-24-18-12-4)84(104-78)72-46-64-40-39-63-45-69(81(57)101-75)95-87(63)88(64)96-72)80-56-62(38-32-26-20-14-6)86(106-80)74-50-68-44-42-66-48-71(98-90(66)92(68)100-74)83-59(53-77(93)103-83)35-29-23-17-11-3/h45-56H,9-44H2,1-8H3. The molecule has 12 aromatic heterocycles. The Bertz CT molecular complexity index is 4250. The van der Waals surface area contributed by atoms with E-state index in [2.05, 4.69) is 264 Å². The molecule has 12 aromatic rings. The molecule has 556 valence electrons. The van der Waals surface area contributed by atoms with Crippen molar-refractivity contribution in [2.45, 2.75) is 297 Å². The zero-order valence-corrected chi connectivity index (χ0v) is 74.1. The van der Waals surface area contributed by atoms with Crippen molar-refractivity contribution in [3.63, 3.8) is 0 Å². The predicted molar refractivity (Wildman–Crippen MR) is 483 cm³/mol. The Hall–Kier alpha value is -3.60. The van der Waals surface area contributed by atoms with Gasteiger partial charge in [0.25, 0.3) is 0 Å². The minimum atomic E-state index is -0.364. The van der Waals surface area contributed by atoms with Crippen LogP contribution in [0.3, 0.4) is 0 Å². The second-order valence-electron chi connectivity index (χ2n) is 32.2. The highest BCUT2D eigenvalue weighted by atomic mass is 32.1. The minimum absolute atomic E-state index is 0.364. The van der Waals surface area contributed by atoms with Crippen LogP contribution in [-0.2, 0) is 87.9 Å². The predicted octanol–water partition coefficient (Wildman–Crippen LogP) is 33.8. The molecule has 0 fully saturated rings. The van der Waals surface area contributed by atoms with Gasteiger partial charge in [0, 0.05) is 117 Å². The zero-order chi connectivity index (χ0) is 72.2. The third-order valence-electron chi connectivity index (χ3n) is 24.4. The highest BCUT2D eigenvalue weighted by Gasteiger charge is 2.43. The van der Waals surface area contributed by atoms with Crippen molar-refractivity contribution in [3.8, 4) is 87.8 Å². The van der Waals surface area contributed by atoms with Crippen molar-refractivity contribution < 1.29 is 0 Å². The van der Waals surface area contributed by atoms with E-state index in [1.807, 2.05) is 0 Å². The normalized spacial score (nSPS) is 16.5. The summed E-state index contributed by atoms with van der Waals surface area (Å²) in [4.78, 5) is 37.1. The lowest BCUT2D eigenvalue weighted by atomic mass is 9.83. The maximum Gasteiger partial charge on any atom is 0.0704 e. The van der Waals surface area contributed by atoms with Crippen molar-refractivity contribution in [1.82, 2.24) is 0 Å². The molecular weight excluding hydrogens is 1510 g/mol. The molecule has 0 radical (unpaired) electrons. The Morgan fingerprint density at radius 3 is 0.509 bits per heavy atom. The fourth-order valence-electron chi connectivity index (χ4n) is 17.9. The Morgan fingerprint density at radius 2 is 0.358 bits per heavy atom. The molecule has 0 saturated carbocycles. The smallest absolute Gasteiger partial charge is 0.0704 e. The molecule has 0 atom stereocenters. The largest absolute Gasteiger partial charge is 0.138 e. The summed E-state index contributed by atoms with van der Waals surface area (Å²) in [5.74, 6) is 0. The topological polar surface area (TPSA) is 0 Å². The van der Waals surface area contributed by atoms with Gasteiger partial charge in [-0.15, -0.1) is 136 Å². The van der Waals surface area contributed by atoms with Crippen LogP contribution in [0.1, 0.15) is 306 Å². The first kappa shape index (κ1) is 75.1. The van der Waals surface area contributed by atoms with Gasteiger partial charge in [-0.2, -0.15) is 0 Å². The molecule has 0 nitrogen and oxygen atoms in total. The SMILES string of the molecule is CCCCCCc1cc2sc1-c1cc3c(s1)-c1sc(cc1CC3)-c1sc(cc1CCCCCC)C1(C)c3cc(CCCCCC)c(s3)-c3cc4c(s3)-c3sc(cc3CC4)-c3sc(cc3CCCCCC)C2(C)c2cc(CCCCCC)c(s2)-c2cc3c(s2)-c2sc(cc2CC3)-c2sc1cc2CCCCCC. The third kappa shape index (κ3) is 14.3. The molecule has 15 heterocycles. The Balaban J connectivity index is 0.972. The summed E-state index contributed by atoms with van der Waals surface area (Å²) in [6, 6.07) is 33.2. The fourth-order valence-corrected chi connectivity index (χ4v) is 35.3. The molecule has 0 aromatic carbocycles. The number of hydrogen-bond donors (Lipinski definition) is 0. The molecule has 18 rings (SSSR count). The molecule has 0 N–H and O–H groups in total. The van der Waals surface area contributed by atoms with Gasteiger partial charge in [-0.25, -0.2) is 0 Å². The molecule has 26 bridgehead atoms. The van der Waals surface area contributed by atoms with Gasteiger partial charge in [0.05, 0.1) is 10.8 Å². The minimum Gasteiger partial charge on any atom is -0.138 e. The Morgan fingerprint density at radius 1 is 0.198 bits per heavy atom. The van der Waals surface area contributed by atoms with Gasteiger partial charge in [-0.1, -0.05) is 157 Å². The molecule has 0 saturated heterocycles. The summed E-state index contributed by atoms with van der Waals surface area (Å²) < 4.78 is 0. The molecule has 12 heteroatoms. The zero-order valence-electron chi connectivity index (χ0n) is 64.3. The van der Waals surface area contributed by atoms with Crippen molar-refractivity contribution in [1.29, 1.82) is 0 Å². The van der Waals surface area contributed by atoms with Crippen LogP contribution in [0, 0.1) is 0 Å². The average molecular weight is 1620 g/mol. The quantitative estimate of drug-likeness (QED) is 0.0394. The Kier molecular flexibility index (Phi) is 23.3. The summed E-state index contributed by atoms with van der Waals surface area (Å²) in [5.41, 5.74) is 18.3. The fraction of sp³-hybridized carbons (Fsp3) is 0.489. The number of unbranched alkanes of at least 4 members (excludes halogenated alkanes) is 18. The maximum absolute atomic E-state index is 2.81. The number of aryl methyl sites for hydroxylation is 12. The van der Waals surface area contributed by atoms with Crippen LogP contribution in [0.2, 0.25) is 0 Å². The van der Waals surface area contributed by atoms with Gasteiger partial charge in [0.15, 0.2) is 0 Å². The maximum atomic E-state index is 2.81. The lowest BCUT2D eigenvalue weighted by molar-refractivity contribution is 0.665. The van der Waals surface area contributed by atoms with E-state index in [-0.39, 0.29) is 10.8 Å². The van der Waals surface area contributed by atoms with Crippen molar-refractivity contribution in [3.05, 3.63) is 169 Å². The van der Waals surface area contributed by atoms with E-state index in [0.717, 1.165) is 77.0 Å². The summed E-state index contributed by atoms with van der Waals surface area (Å²) in [6.07, 6.45) is 44.1. The van der Waals surface area contributed by atoms with Gasteiger partial charge >= 0.3 is 0 Å². The lowest BCUT2D eigenvalue weighted by Gasteiger charge is -2.27. The number of rotatable bonds is 30. The van der Waals surface area contributed by atoms with Gasteiger partial charge in [-0.05, 0) is 269 Å². The number of hydrogen-bond acceptors (Lipinski definition) is 12. The molecule has 0 amide bonds. The van der Waals surface area contributed by atoms with Crippen LogP contribution < -0.4 is 0 Å². The van der Waals surface area contributed by atoms with Gasteiger partial charge in [0.2, 0.25) is 0 Å². The van der Waals surface area contributed by atoms with Crippen LogP contribution >= 0.6 is 136 Å². The van der Waals surface area contributed by atoms with Gasteiger partial charge < -0.3 is 0 Å². The van der Waals surface area contributed by atoms with Crippen LogP contribution in [-0.4, -0.2) is 0 Å². The van der Waals surface area contributed by atoms with Gasteiger partial charge in [-0.3, -0.25) is 0 Å². The lowest BCUT2D eigenvalue weighted by Crippen LogP contribution is -2.21. The molecular formula is C94H108S12. The molecule has 0 unspecified atom stereocenters. The highest BCUT2D eigenvalue weighted by Crippen LogP contribution is 2.62. The summed E-state index contributed by atoms with van der Waals surface area (Å²) in [7, 11) is 0. The highest BCUT2D eigenvalue weighted by molar-refractivity contribution is 7.32. The number of thiophene rings is 12. The van der Waals surface area contributed by atoms with E-state index in [9.17, 15) is 0 Å². The second kappa shape index (κ2) is 32.8. The van der Waals surface area contributed by atoms with E-state index >= 15 is 0 Å². The molecule has 3 aliphatic heterocycles. The molecule has 3 aliphatic carbocycles. The van der Waals surface area contributed by atoms with E-state index in [1.165, 1.54) is 183 Å². The van der Waals surface area contributed by atoms with Gasteiger partial charge in [0.1, 0.15) is 0 Å². The summed E-state index contributed by atoms with van der Waals surface area (Å²) in [5, 5.41) is 0. The van der Waals surface area contributed by atoms with E-state index in [4.69, 9.17) is 0 Å².